The number of carbonyl (C=O) groups is 1. The van der Waals surface area contributed by atoms with E-state index in [4.69, 9.17) is 27.6 Å². The van der Waals surface area contributed by atoms with Crippen LogP contribution in [0, 0.1) is 25.2 Å². The Morgan fingerprint density at radius 2 is 1.79 bits per heavy atom. The molecular formula is C22H16Cl2N2O2. The zero-order chi connectivity index (χ0) is 20.3. The molecule has 1 N–H and O–H groups in total. The molecule has 3 aromatic rings. The monoisotopic (exact) mass is 410 g/mol. The second-order valence-electron chi connectivity index (χ2n) is 6.30. The van der Waals surface area contributed by atoms with Crippen molar-refractivity contribution in [2.75, 3.05) is 5.32 Å². The maximum Gasteiger partial charge on any atom is 0.266 e. The summed E-state index contributed by atoms with van der Waals surface area (Å²) in [5.41, 5.74) is 3.23. The quantitative estimate of drug-likeness (QED) is 0.398. The summed E-state index contributed by atoms with van der Waals surface area (Å²) in [6.45, 7) is 3.82. The molecular weight excluding hydrogens is 395 g/mol. The first-order chi connectivity index (χ1) is 13.4. The van der Waals surface area contributed by atoms with E-state index in [9.17, 15) is 10.1 Å². The van der Waals surface area contributed by atoms with Crippen LogP contribution in [0.3, 0.4) is 0 Å². The fraction of sp³-hybridized carbons (Fsp3) is 0.0909. The van der Waals surface area contributed by atoms with Gasteiger partial charge in [0.05, 0.1) is 0 Å². The number of benzene rings is 2. The molecule has 0 saturated heterocycles. The van der Waals surface area contributed by atoms with E-state index in [1.54, 1.807) is 30.3 Å². The minimum atomic E-state index is -0.500. The maximum atomic E-state index is 12.5. The Kier molecular flexibility index (Phi) is 5.89. The lowest BCUT2D eigenvalue weighted by Crippen LogP contribution is -2.14. The van der Waals surface area contributed by atoms with Crippen LogP contribution in [0.15, 0.2) is 58.5 Å². The Bertz CT molecular complexity index is 1100. The fourth-order valence-electron chi connectivity index (χ4n) is 2.63. The number of hydrogen-bond donors (Lipinski definition) is 1. The van der Waals surface area contributed by atoms with Crippen molar-refractivity contribution in [1.29, 1.82) is 5.26 Å². The SMILES string of the molecule is Cc1ccc(C)c(NC(=O)/C(C#N)=C/c2ccc(-c3cc(Cl)cc(Cl)c3)o2)c1. The van der Waals surface area contributed by atoms with E-state index in [-0.39, 0.29) is 5.57 Å². The van der Waals surface area contributed by atoms with Gasteiger partial charge < -0.3 is 9.73 Å². The van der Waals surface area contributed by atoms with Crippen molar-refractivity contribution in [3.8, 4) is 17.4 Å². The Hall–Kier alpha value is -3.00. The molecule has 0 aliphatic rings. The summed E-state index contributed by atoms with van der Waals surface area (Å²) in [5, 5.41) is 13.1. The normalized spacial score (nSPS) is 11.2. The molecule has 1 heterocycles. The molecule has 1 aromatic heterocycles. The molecule has 0 aliphatic carbocycles. The van der Waals surface area contributed by atoms with Gasteiger partial charge in [0.15, 0.2) is 0 Å². The molecule has 3 rings (SSSR count). The summed E-state index contributed by atoms with van der Waals surface area (Å²) >= 11 is 12.0. The van der Waals surface area contributed by atoms with Gasteiger partial charge in [-0.15, -0.1) is 0 Å². The largest absolute Gasteiger partial charge is 0.457 e. The van der Waals surface area contributed by atoms with Crippen molar-refractivity contribution in [3.05, 3.63) is 81.0 Å². The standard InChI is InChI=1S/C22H16Cl2N2O2/c1-13-3-4-14(2)20(7-13)26-22(27)16(12-25)10-19-5-6-21(28-19)15-8-17(23)11-18(24)9-15/h3-11H,1-2H3,(H,26,27)/b16-10+. The van der Waals surface area contributed by atoms with Crippen LogP contribution < -0.4 is 5.32 Å². The predicted molar refractivity (Wildman–Crippen MR) is 112 cm³/mol. The van der Waals surface area contributed by atoms with Gasteiger partial charge in [-0.3, -0.25) is 4.79 Å². The van der Waals surface area contributed by atoms with Gasteiger partial charge in [0.25, 0.3) is 5.91 Å². The van der Waals surface area contributed by atoms with Gasteiger partial charge in [-0.25, -0.2) is 0 Å². The Morgan fingerprint density at radius 1 is 1.07 bits per heavy atom. The number of rotatable bonds is 4. The molecule has 4 nitrogen and oxygen atoms in total. The minimum Gasteiger partial charge on any atom is -0.457 e. The van der Waals surface area contributed by atoms with Crippen molar-refractivity contribution in [2.45, 2.75) is 13.8 Å². The number of nitrogens with one attached hydrogen (secondary N) is 1. The average Bonchev–Trinajstić information content (AvgIpc) is 3.10. The molecule has 28 heavy (non-hydrogen) atoms. The number of halogens is 2. The molecule has 2 aromatic carbocycles. The van der Waals surface area contributed by atoms with E-state index in [0.717, 1.165) is 11.1 Å². The zero-order valence-electron chi connectivity index (χ0n) is 15.2. The lowest BCUT2D eigenvalue weighted by atomic mass is 10.1. The summed E-state index contributed by atoms with van der Waals surface area (Å²) in [6.07, 6.45) is 1.40. The molecule has 0 spiro atoms. The molecule has 0 aliphatic heterocycles. The number of nitriles is 1. The van der Waals surface area contributed by atoms with E-state index in [1.165, 1.54) is 6.08 Å². The topological polar surface area (TPSA) is 66.0 Å². The van der Waals surface area contributed by atoms with Crippen molar-refractivity contribution >= 4 is 40.9 Å². The first-order valence-corrected chi connectivity index (χ1v) is 9.18. The Labute approximate surface area is 173 Å². The number of aryl methyl sites for hydroxylation is 2. The summed E-state index contributed by atoms with van der Waals surface area (Å²) in [4.78, 5) is 12.5. The molecule has 0 saturated carbocycles. The van der Waals surface area contributed by atoms with Gasteiger partial charge in [-0.1, -0.05) is 35.3 Å². The maximum absolute atomic E-state index is 12.5. The van der Waals surface area contributed by atoms with Gasteiger partial charge in [0.1, 0.15) is 23.2 Å². The van der Waals surface area contributed by atoms with Crippen molar-refractivity contribution in [3.63, 3.8) is 0 Å². The first kappa shape index (κ1) is 19.8. The summed E-state index contributed by atoms with van der Waals surface area (Å²) < 4.78 is 5.73. The second-order valence-corrected chi connectivity index (χ2v) is 7.18. The first-order valence-electron chi connectivity index (χ1n) is 8.42. The van der Waals surface area contributed by atoms with Crippen molar-refractivity contribution < 1.29 is 9.21 Å². The van der Waals surface area contributed by atoms with E-state index in [0.29, 0.717) is 32.8 Å². The third kappa shape index (κ3) is 4.64. The van der Waals surface area contributed by atoms with Crippen LogP contribution in [-0.2, 0) is 4.79 Å². The van der Waals surface area contributed by atoms with Gasteiger partial charge in [0, 0.05) is 27.4 Å². The highest BCUT2D eigenvalue weighted by Gasteiger charge is 2.13. The highest BCUT2D eigenvalue weighted by molar-refractivity contribution is 6.35. The summed E-state index contributed by atoms with van der Waals surface area (Å²) in [5.74, 6) is 0.404. The van der Waals surface area contributed by atoms with Crippen molar-refractivity contribution in [1.82, 2.24) is 0 Å². The number of furan rings is 1. The molecule has 0 radical (unpaired) electrons. The number of amides is 1. The third-order valence-electron chi connectivity index (χ3n) is 4.07. The third-order valence-corrected chi connectivity index (χ3v) is 4.50. The molecule has 0 unspecified atom stereocenters. The second kappa shape index (κ2) is 8.35. The highest BCUT2D eigenvalue weighted by Crippen LogP contribution is 2.29. The van der Waals surface area contributed by atoms with E-state index >= 15 is 0 Å². The molecule has 0 fully saturated rings. The lowest BCUT2D eigenvalue weighted by molar-refractivity contribution is -0.112. The molecule has 0 bridgehead atoms. The number of hydrogen-bond acceptors (Lipinski definition) is 3. The highest BCUT2D eigenvalue weighted by atomic mass is 35.5. The molecule has 140 valence electrons. The van der Waals surface area contributed by atoms with Gasteiger partial charge in [-0.2, -0.15) is 5.26 Å². The van der Waals surface area contributed by atoms with Crippen LogP contribution in [0.25, 0.3) is 17.4 Å². The molecule has 0 atom stereocenters. The summed E-state index contributed by atoms with van der Waals surface area (Å²) in [6, 6.07) is 16.1. The Morgan fingerprint density at radius 3 is 2.46 bits per heavy atom. The summed E-state index contributed by atoms with van der Waals surface area (Å²) in [7, 11) is 0. The van der Waals surface area contributed by atoms with Gasteiger partial charge >= 0.3 is 0 Å². The van der Waals surface area contributed by atoms with Crippen LogP contribution in [0.5, 0.6) is 0 Å². The van der Waals surface area contributed by atoms with Crippen LogP contribution in [0.2, 0.25) is 10.0 Å². The van der Waals surface area contributed by atoms with Crippen LogP contribution in [0.1, 0.15) is 16.9 Å². The van der Waals surface area contributed by atoms with Crippen molar-refractivity contribution in [2.24, 2.45) is 0 Å². The zero-order valence-corrected chi connectivity index (χ0v) is 16.7. The fourth-order valence-corrected chi connectivity index (χ4v) is 3.16. The number of carbonyl (C=O) groups excluding carboxylic acids is 1. The van der Waals surface area contributed by atoms with Gasteiger partial charge in [0.2, 0.25) is 0 Å². The average molecular weight is 411 g/mol. The van der Waals surface area contributed by atoms with E-state index in [1.807, 2.05) is 38.1 Å². The lowest BCUT2D eigenvalue weighted by Gasteiger charge is -2.08. The molecule has 1 amide bonds. The van der Waals surface area contributed by atoms with Gasteiger partial charge in [-0.05, 0) is 61.4 Å². The minimum absolute atomic E-state index is 0.0640. The number of nitrogens with zero attached hydrogens (tertiary/aromatic N) is 1. The smallest absolute Gasteiger partial charge is 0.266 e. The van der Waals surface area contributed by atoms with E-state index < -0.39 is 5.91 Å². The van der Waals surface area contributed by atoms with E-state index in [2.05, 4.69) is 5.32 Å². The van der Waals surface area contributed by atoms with Crippen LogP contribution >= 0.6 is 23.2 Å². The number of anilines is 1. The van der Waals surface area contributed by atoms with Crippen LogP contribution in [0.4, 0.5) is 5.69 Å². The Balaban J connectivity index is 1.85. The predicted octanol–water partition coefficient (Wildman–Crippen LogP) is 6.42. The molecule has 6 heteroatoms. The van der Waals surface area contributed by atoms with Crippen LogP contribution in [-0.4, -0.2) is 5.91 Å².